The number of carbonyl (C=O) groups is 1. The molecular weight excluding hydrogens is 461 g/mol. The number of hydrogen-bond donors (Lipinski definition) is 1. The molecule has 0 aliphatic heterocycles. The van der Waals surface area contributed by atoms with Gasteiger partial charge in [0.25, 0.3) is 0 Å². The molecule has 5 nitrogen and oxygen atoms in total. The molecule has 0 unspecified atom stereocenters. The number of halogens is 2. The Kier molecular flexibility index (Phi) is 5.85. The molecule has 124 valence electrons. The van der Waals surface area contributed by atoms with Crippen molar-refractivity contribution in [2.45, 2.75) is 19.3 Å². The van der Waals surface area contributed by atoms with Gasteiger partial charge in [0.2, 0.25) is 17.6 Å². The van der Waals surface area contributed by atoms with E-state index in [1.54, 1.807) is 17.4 Å². The first-order chi connectivity index (χ1) is 11.6. The van der Waals surface area contributed by atoms with Crippen molar-refractivity contribution in [2.75, 3.05) is 5.32 Å². The smallest absolute Gasteiger partial charge is 0.226 e. The van der Waals surface area contributed by atoms with Crippen molar-refractivity contribution in [1.29, 1.82) is 0 Å². The van der Waals surface area contributed by atoms with Crippen LogP contribution in [0.3, 0.4) is 0 Å². The van der Waals surface area contributed by atoms with Gasteiger partial charge < -0.3 is 9.84 Å². The number of aromatic nitrogens is 2. The van der Waals surface area contributed by atoms with Crippen LogP contribution in [0.15, 0.2) is 40.2 Å². The SMILES string of the molecule is O=C(CCCc1nc(-c2cccs2)no1)Nc1ccc(I)cc1Cl. The van der Waals surface area contributed by atoms with Crippen molar-refractivity contribution in [1.82, 2.24) is 10.1 Å². The third-order valence-electron chi connectivity index (χ3n) is 3.21. The topological polar surface area (TPSA) is 68.0 Å². The average Bonchev–Trinajstić information content (AvgIpc) is 3.21. The Labute approximate surface area is 161 Å². The minimum atomic E-state index is -0.0869. The highest BCUT2D eigenvalue weighted by molar-refractivity contribution is 14.1. The fourth-order valence-electron chi connectivity index (χ4n) is 2.07. The summed E-state index contributed by atoms with van der Waals surface area (Å²) in [6.45, 7) is 0. The largest absolute Gasteiger partial charge is 0.339 e. The first-order valence-corrected chi connectivity index (χ1v) is 9.57. The number of nitrogens with one attached hydrogen (secondary N) is 1. The van der Waals surface area contributed by atoms with E-state index in [4.69, 9.17) is 16.1 Å². The first kappa shape index (κ1) is 17.4. The van der Waals surface area contributed by atoms with Crippen molar-refractivity contribution >= 4 is 57.1 Å². The van der Waals surface area contributed by atoms with Crippen LogP contribution in [0.2, 0.25) is 5.02 Å². The van der Waals surface area contributed by atoms with Gasteiger partial charge in [-0.25, -0.2) is 0 Å². The molecule has 0 saturated heterocycles. The Morgan fingerprint density at radius 1 is 1.38 bits per heavy atom. The van der Waals surface area contributed by atoms with Crippen LogP contribution < -0.4 is 5.32 Å². The number of carbonyl (C=O) groups excluding carboxylic acids is 1. The van der Waals surface area contributed by atoms with Gasteiger partial charge in [-0.05, 0) is 58.7 Å². The monoisotopic (exact) mass is 473 g/mol. The Balaban J connectivity index is 1.48. The van der Waals surface area contributed by atoms with Crippen LogP contribution in [0.1, 0.15) is 18.7 Å². The molecule has 2 aromatic heterocycles. The van der Waals surface area contributed by atoms with Gasteiger partial charge >= 0.3 is 0 Å². The van der Waals surface area contributed by atoms with E-state index in [9.17, 15) is 4.79 Å². The molecule has 8 heteroatoms. The van der Waals surface area contributed by atoms with Crippen molar-refractivity contribution in [3.8, 4) is 10.7 Å². The molecule has 0 bridgehead atoms. The van der Waals surface area contributed by atoms with Gasteiger partial charge in [0, 0.05) is 16.4 Å². The quantitative estimate of drug-likeness (QED) is 0.511. The fraction of sp³-hybridized carbons (Fsp3) is 0.188. The van der Waals surface area contributed by atoms with Crippen molar-refractivity contribution in [2.24, 2.45) is 0 Å². The molecule has 0 atom stereocenters. The van der Waals surface area contributed by atoms with Crippen LogP contribution in [0.4, 0.5) is 5.69 Å². The molecule has 0 aliphatic carbocycles. The van der Waals surface area contributed by atoms with E-state index in [1.807, 2.05) is 29.6 Å². The number of nitrogens with zero attached hydrogens (tertiary/aromatic N) is 2. The van der Waals surface area contributed by atoms with E-state index in [0.717, 1.165) is 8.45 Å². The number of anilines is 1. The predicted molar refractivity (Wildman–Crippen MR) is 103 cm³/mol. The maximum atomic E-state index is 12.0. The summed E-state index contributed by atoms with van der Waals surface area (Å²) in [4.78, 5) is 17.3. The van der Waals surface area contributed by atoms with Crippen molar-refractivity contribution in [3.05, 3.63) is 50.2 Å². The highest BCUT2D eigenvalue weighted by Crippen LogP contribution is 2.24. The first-order valence-electron chi connectivity index (χ1n) is 7.23. The summed E-state index contributed by atoms with van der Waals surface area (Å²) in [7, 11) is 0. The predicted octanol–water partition coefficient (Wildman–Crippen LogP) is 5.02. The normalized spacial score (nSPS) is 10.8. The molecule has 1 N–H and O–H groups in total. The molecule has 0 spiro atoms. The van der Waals surface area contributed by atoms with Gasteiger partial charge in [0.15, 0.2) is 0 Å². The van der Waals surface area contributed by atoms with Crippen LogP contribution in [0.25, 0.3) is 10.7 Å². The number of benzene rings is 1. The Hall–Kier alpha value is -1.45. The molecule has 24 heavy (non-hydrogen) atoms. The van der Waals surface area contributed by atoms with Gasteiger partial charge in [0.05, 0.1) is 15.6 Å². The molecule has 1 aromatic carbocycles. The summed E-state index contributed by atoms with van der Waals surface area (Å²) in [5.74, 6) is 1.05. The summed E-state index contributed by atoms with van der Waals surface area (Å²) >= 11 is 9.83. The zero-order valence-corrected chi connectivity index (χ0v) is 16.2. The van der Waals surface area contributed by atoms with Gasteiger partial charge in [-0.15, -0.1) is 11.3 Å². The van der Waals surface area contributed by atoms with Crippen LogP contribution in [0, 0.1) is 3.57 Å². The van der Waals surface area contributed by atoms with Crippen LogP contribution in [0.5, 0.6) is 0 Å². The maximum Gasteiger partial charge on any atom is 0.226 e. The number of amides is 1. The second-order valence-corrected chi connectivity index (χ2v) is 7.62. The lowest BCUT2D eigenvalue weighted by molar-refractivity contribution is -0.116. The number of thiophene rings is 1. The van der Waals surface area contributed by atoms with E-state index in [-0.39, 0.29) is 5.91 Å². The van der Waals surface area contributed by atoms with E-state index >= 15 is 0 Å². The molecule has 0 aliphatic rings. The zero-order valence-electron chi connectivity index (χ0n) is 12.5. The third kappa shape index (κ3) is 4.55. The average molecular weight is 474 g/mol. The molecule has 1 amide bonds. The van der Waals surface area contributed by atoms with Crippen LogP contribution in [-0.4, -0.2) is 16.0 Å². The van der Waals surface area contributed by atoms with Crippen LogP contribution in [-0.2, 0) is 11.2 Å². The van der Waals surface area contributed by atoms with Gasteiger partial charge in [-0.3, -0.25) is 4.79 Å². The zero-order chi connectivity index (χ0) is 16.9. The van der Waals surface area contributed by atoms with Gasteiger partial charge in [-0.2, -0.15) is 4.98 Å². The Morgan fingerprint density at radius 2 is 2.25 bits per heavy atom. The highest BCUT2D eigenvalue weighted by Gasteiger charge is 2.11. The fourth-order valence-corrected chi connectivity index (χ4v) is 3.62. The molecule has 3 aromatic rings. The minimum absolute atomic E-state index is 0.0869. The number of rotatable bonds is 6. The minimum Gasteiger partial charge on any atom is -0.339 e. The lowest BCUT2D eigenvalue weighted by Crippen LogP contribution is -2.12. The van der Waals surface area contributed by atoms with Crippen molar-refractivity contribution in [3.63, 3.8) is 0 Å². The van der Waals surface area contributed by atoms with E-state index in [0.29, 0.717) is 41.7 Å². The van der Waals surface area contributed by atoms with E-state index in [2.05, 4.69) is 38.0 Å². The summed E-state index contributed by atoms with van der Waals surface area (Å²) in [6.07, 6.45) is 1.55. The molecule has 2 heterocycles. The maximum absolute atomic E-state index is 12.0. The standard InChI is InChI=1S/C16H13ClIN3O2S/c17-11-9-10(18)6-7-12(11)19-14(22)4-1-5-15-20-16(21-23-15)13-3-2-8-24-13/h2-3,6-9H,1,4-5H2,(H,19,22). The van der Waals surface area contributed by atoms with Crippen molar-refractivity contribution < 1.29 is 9.32 Å². The number of hydrogen-bond acceptors (Lipinski definition) is 5. The molecule has 3 rings (SSSR count). The molecule has 0 fully saturated rings. The summed E-state index contributed by atoms with van der Waals surface area (Å²) in [5.41, 5.74) is 0.625. The Morgan fingerprint density at radius 3 is 3.00 bits per heavy atom. The summed E-state index contributed by atoms with van der Waals surface area (Å²) in [5, 5.41) is 9.26. The van der Waals surface area contributed by atoms with Gasteiger partial charge in [-0.1, -0.05) is 22.8 Å². The highest BCUT2D eigenvalue weighted by atomic mass is 127. The lowest BCUT2D eigenvalue weighted by atomic mass is 10.2. The third-order valence-corrected chi connectivity index (χ3v) is 5.06. The lowest BCUT2D eigenvalue weighted by Gasteiger charge is -2.07. The molecule has 0 saturated carbocycles. The van der Waals surface area contributed by atoms with Gasteiger partial charge in [0.1, 0.15) is 0 Å². The summed E-state index contributed by atoms with van der Waals surface area (Å²) < 4.78 is 6.23. The van der Waals surface area contributed by atoms with Crippen LogP contribution >= 0.6 is 45.5 Å². The second kappa shape index (κ2) is 8.09. The second-order valence-electron chi connectivity index (χ2n) is 5.01. The summed E-state index contributed by atoms with van der Waals surface area (Å²) in [6, 6.07) is 9.38. The van der Waals surface area contributed by atoms with E-state index < -0.39 is 0 Å². The molecular formula is C16H13ClIN3O2S. The van der Waals surface area contributed by atoms with E-state index in [1.165, 1.54) is 0 Å². The Bertz CT molecular complexity index is 836. The molecule has 0 radical (unpaired) electrons. The number of aryl methyl sites for hydroxylation is 1.